The van der Waals surface area contributed by atoms with Crippen LogP contribution in [-0.4, -0.2) is 36.7 Å². The Labute approximate surface area is 194 Å². The molecular formula is C27H30N2O4. The van der Waals surface area contributed by atoms with Gasteiger partial charge < -0.3 is 13.9 Å². The van der Waals surface area contributed by atoms with Crippen LogP contribution in [0.5, 0.6) is 11.5 Å². The van der Waals surface area contributed by atoms with Crippen molar-refractivity contribution < 1.29 is 18.7 Å². The van der Waals surface area contributed by atoms with E-state index in [0.717, 1.165) is 42.6 Å². The summed E-state index contributed by atoms with van der Waals surface area (Å²) in [5, 5.41) is 3.80. The Kier molecular flexibility index (Phi) is 6.35. The third kappa shape index (κ3) is 4.76. The number of allylic oxidation sites excluding steroid dienone is 1. The Balaban J connectivity index is 1.49. The molecule has 3 heterocycles. The molecule has 3 aromatic rings. The number of hydrogen-bond acceptors (Lipinski definition) is 5. The average Bonchev–Trinajstić information content (AvgIpc) is 3.03. The molecular weight excluding hydrogens is 416 g/mol. The summed E-state index contributed by atoms with van der Waals surface area (Å²) >= 11 is 0. The monoisotopic (exact) mass is 446 g/mol. The smallest absolute Gasteiger partial charge is 0.419 e. The van der Waals surface area contributed by atoms with Crippen LogP contribution in [0.25, 0.3) is 16.5 Å². The van der Waals surface area contributed by atoms with Crippen molar-refractivity contribution in [1.82, 2.24) is 4.90 Å². The zero-order valence-corrected chi connectivity index (χ0v) is 19.0. The van der Waals surface area contributed by atoms with E-state index in [1.54, 1.807) is 12.1 Å². The predicted octanol–water partition coefficient (Wildman–Crippen LogP) is 6.47. The van der Waals surface area contributed by atoms with E-state index in [2.05, 4.69) is 16.3 Å². The number of benzene rings is 2. The number of furan rings is 1. The van der Waals surface area contributed by atoms with Crippen LogP contribution in [0.3, 0.4) is 0 Å². The molecule has 1 aromatic heterocycles. The molecule has 172 valence electrons. The molecule has 0 saturated carbocycles. The molecule has 2 aromatic carbocycles. The van der Waals surface area contributed by atoms with Gasteiger partial charge in [-0.2, -0.15) is 0 Å². The van der Waals surface area contributed by atoms with Crippen LogP contribution >= 0.6 is 0 Å². The Morgan fingerprint density at radius 3 is 2.85 bits per heavy atom. The minimum Gasteiger partial charge on any atom is -0.494 e. The number of carbonyl (C=O) groups is 1. The van der Waals surface area contributed by atoms with Gasteiger partial charge in [0.05, 0.1) is 6.61 Å². The van der Waals surface area contributed by atoms with E-state index in [1.807, 2.05) is 43.3 Å². The summed E-state index contributed by atoms with van der Waals surface area (Å²) in [6.07, 6.45) is 7.62. The molecule has 1 atom stereocenters. The van der Waals surface area contributed by atoms with E-state index < -0.39 is 6.09 Å². The van der Waals surface area contributed by atoms with E-state index in [0.29, 0.717) is 29.9 Å². The molecule has 0 bridgehead atoms. The van der Waals surface area contributed by atoms with Crippen molar-refractivity contribution in [3.8, 4) is 11.5 Å². The van der Waals surface area contributed by atoms with Crippen LogP contribution in [0, 0.1) is 0 Å². The van der Waals surface area contributed by atoms with E-state index in [1.165, 1.54) is 24.8 Å². The van der Waals surface area contributed by atoms with E-state index in [4.69, 9.17) is 13.9 Å². The van der Waals surface area contributed by atoms with E-state index in [9.17, 15) is 4.79 Å². The second kappa shape index (κ2) is 9.71. The molecule has 33 heavy (non-hydrogen) atoms. The summed E-state index contributed by atoms with van der Waals surface area (Å²) in [6.45, 7) is 4.64. The molecule has 2 aliphatic heterocycles. The van der Waals surface area contributed by atoms with Gasteiger partial charge in [0.15, 0.2) is 0 Å². The maximum absolute atomic E-state index is 12.7. The van der Waals surface area contributed by atoms with Gasteiger partial charge in [0.25, 0.3) is 0 Å². The van der Waals surface area contributed by atoms with Crippen LogP contribution < -0.4 is 14.8 Å². The first-order chi connectivity index (χ1) is 16.2. The Morgan fingerprint density at radius 2 is 2.00 bits per heavy atom. The summed E-state index contributed by atoms with van der Waals surface area (Å²) in [5.41, 5.74) is 2.84. The van der Waals surface area contributed by atoms with Crippen molar-refractivity contribution in [2.24, 2.45) is 0 Å². The van der Waals surface area contributed by atoms with Gasteiger partial charge in [0.1, 0.15) is 17.1 Å². The lowest BCUT2D eigenvalue weighted by atomic mass is 9.95. The van der Waals surface area contributed by atoms with Crippen molar-refractivity contribution in [1.29, 1.82) is 0 Å². The molecule has 1 saturated heterocycles. The normalized spacial score (nSPS) is 18.8. The number of piperidine rings is 1. The Hall–Kier alpha value is -3.25. The molecule has 5 rings (SSSR count). The summed E-state index contributed by atoms with van der Waals surface area (Å²) in [5.74, 6) is 1.69. The first-order valence-corrected chi connectivity index (χ1v) is 11.9. The molecule has 2 aliphatic rings. The van der Waals surface area contributed by atoms with Crippen molar-refractivity contribution in [2.75, 3.05) is 25.0 Å². The fraction of sp³-hybridized carbons (Fsp3) is 0.370. The lowest BCUT2D eigenvalue weighted by Crippen LogP contribution is -2.38. The van der Waals surface area contributed by atoms with Crippen LogP contribution in [0.4, 0.5) is 10.7 Å². The quantitative estimate of drug-likeness (QED) is 0.486. The van der Waals surface area contributed by atoms with Gasteiger partial charge in [-0.1, -0.05) is 30.7 Å². The first kappa shape index (κ1) is 21.6. The Bertz CT molecular complexity index is 1150. The number of nitrogens with one attached hydrogen (secondary N) is 1. The van der Waals surface area contributed by atoms with Crippen LogP contribution in [0.2, 0.25) is 0 Å². The largest absolute Gasteiger partial charge is 0.494 e. The number of anilines is 1. The first-order valence-electron chi connectivity index (χ1n) is 11.9. The number of carbonyl (C=O) groups excluding carboxylic acids is 1. The summed E-state index contributed by atoms with van der Waals surface area (Å²) in [7, 11) is 0. The van der Waals surface area contributed by atoms with Crippen molar-refractivity contribution in [2.45, 2.75) is 45.1 Å². The average molecular weight is 447 g/mol. The maximum atomic E-state index is 12.7. The molecule has 6 heteroatoms. The Morgan fingerprint density at radius 1 is 1.12 bits per heavy atom. The molecule has 0 aliphatic carbocycles. The number of para-hydroxylation sites is 1. The summed E-state index contributed by atoms with van der Waals surface area (Å²) in [6, 6.07) is 15.5. The second-order valence-electron chi connectivity index (χ2n) is 8.64. The highest BCUT2D eigenvalue weighted by Crippen LogP contribution is 2.41. The lowest BCUT2D eigenvalue weighted by molar-refractivity contribution is 0.161. The molecule has 0 spiro atoms. The van der Waals surface area contributed by atoms with Crippen LogP contribution in [0.1, 0.15) is 44.6 Å². The van der Waals surface area contributed by atoms with Crippen LogP contribution in [-0.2, 0) is 0 Å². The fourth-order valence-electron chi connectivity index (χ4n) is 4.96. The third-order valence-corrected chi connectivity index (χ3v) is 6.53. The number of hydrogen-bond donors (Lipinski definition) is 1. The highest BCUT2D eigenvalue weighted by atomic mass is 16.6. The van der Waals surface area contributed by atoms with Gasteiger partial charge in [0.2, 0.25) is 5.88 Å². The predicted molar refractivity (Wildman–Crippen MR) is 130 cm³/mol. The van der Waals surface area contributed by atoms with E-state index >= 15 is 0 Å². The van der Waals surface area contributed by atoms with Crippen molar-refractivity contribution in [3.05, 3.63) is 60.2 Å². The van der Waals surface area contributed by atoms with Gasteiger partial charge in [-0.15, -0.1) is 0 Å². The zero-order valence-electron chi connectivity index (χ0n) is 19.0. The lowest BCUT2D eigenvalue weighted by Gasteiger charge is -2.33. The molecule has 0 radical (unpaired) electrons. The highest BCUT2D eigenvalue weighted by molar-refractivity contribution is 6.01. The minimum absolute atomic E-state index is 0.422. The topological polar surface area (TPSA) is 63.9 Å². The number of amides is 1. The number of fused-ring (bicyclic) bond motifs is 2. The van der Waals surface area contributed by atoms with Gasteiger partial charge >= 0.3 is 6.09 Å². The van der Waals surface area contributed by atoms with Gasteiger partial charge in [-0.25, -0.2) is 4.79 Å². The highest BCUT2D eigenvalue weighted by Gasteiger charge is 2.27. The van der Waals surface area contributed by atoms with Crippen molar-refractivity contribution >= 4 is 28.5 Å². The fourth-order valence-corrected chi connectivity index (χ4v) is 4.96. The van der Waals surface area contributed by atoms with Crippen LogP contribution in [0.15, 0.2) is 59.0 Å². The zero-order chi connectivity index (χ0) is 22.6. The standard InChI is InChI=1S/C27H30N2O4/c1-2-31-22-13-14-24-23(18-22)25(19-11-12-20-8-6-7-16-29(20)17-15-19)26(33-24)28-27(30)32-21-9-4-3-5-10-21/h3-5,9-10,13-15,18,20H,2,6-8,11-12,16-17H2,1H3,(H,28,30). The van der Waals surface area contributed by atoms with Crippen molar-refractivity contribution in [3.63, 3.8) is 0 Å². The molecule has 1 N–H and O–H groups in total. The number of rotatable bonds is 5. The third-order valence-electron chi connectivity index (χ3n) is 6.53. The van der Waals surface area contributed by atoms with Gasteiger partial charge in [0, 0.05) is 23.5 Å². The second-order valence-corrected chi connectivity index (χ2v) is 8.64. The SMILES string of the molecule is CCOc1ccc2oc(NC(=O)Oc3ccccc3)c(C3=CCN4CCCCC4CC3)c2c1. The van der Waals surface area contributed by atoms with Gasteiger partial charge in [-0.3, -0.25) is 10.2 Å². The summed E-state index contributed by atoms with van der Waals surface area (Å²) < 4.78 is 17.3. The van der Waals surface area contributed by atoms with E-state index in [-0.39, 0.29) is 0 Å². The van der Waals surface area contributed by atoms with Gasteiger partial charge in [-0.05, 0) is 75.1 Å². The minimum atomic E-state index is -0.571. The molecule has 1 amide bonds. The maximum Gasteiger partial charge on any atom is 0.419 e. The molecule has 1 unspecified atom stereocenters. The molecule has 1 fully saturated rings. The summed E-state index contributed by atoms with van der Waals surface area (Å²) in [4.78, 5) is 15.3. The number of ether oxygens (including phenoxy) is 2. The number of nitrogens with zero attached hydrogens (tertiary/aromatic N) is 1. The molecule has 6 nitrogen and oxygen atoms in total.